The minimum absolute atomic E-state index is 0.0557. The molecule has 0 saturated heterocycles. The summed E-state index contributed by atoms with van der Waals surface area (Å²) in [4.78, 5) is 16.0. The zero-order valence-corrected chi connectivity index (χ0v) is 14.3. The largest absolute Gasteiger partial charge is 0.395 e. The van der Waals surface area contributed by atoms with Gasteiger partial charge in [-0.2, -0.15) is 0 Å². The fraction of sp³-hybridized carbons (Fsp3) is 0.333. The highest BCUT2D eigenvalue weighted by atomic mass is 35.5. The quantitative estimate of drug-likeness (QED) is 0.261. The maximum atomic E-state index is 11.6. The number of anilines is 1. The van der Waals surface area contributed by atoms with Crippen LogP contribution in [0.1, 0.15) is 22.9 Å². The second-order valence-electron chi connectivity index (χ2n) is 5.54. The molecular formula is C15H17ClN6O4. The SMILES string of the molecule is O=C(CNc1nonc1C(=N[C@H]1Cc2ccc(Cl)cc21)NO)NCCO. The summed E-state index contributed by atoms with van der Waals surface area (Å²) in [5.41, 5.74) is 4.24. The Balaban J connectivity index is 1.71. The lowest BCUT2D eigenvalue weighted by molar-refractivity contribution is -0.119. The van der Waals surface area contributed by atoms with Crippen molar-refractivity contribution in [1.82, 2.24) is 21.1 Å². The van der Waals surface area contributed by atoms with Crippen molar-refractivity contribution in [2.75, 3.05) is 25.0 Å². The number of aliphatic hydroxyl groups excluding tert-OH is 1. The highest BCUT2D eigenvalue weighted by Crippen LogP contribution is 2.38. The van der Waals surface area contributed by atoms with Crippen LogP contribution in [0.2, 0.25) is 5.02 Å². The number of aliphatic hydroxyl groups is 1. The van der Waals surface area contributed by atoms with Crippen LogP contribution >= 0.6 is 11.6 Å². The molecule has 0 aliphatic heterocycles. The second-order valence-corrected chi connectivity index (χ2v) is 5.98. The molecule has 2 aromatic rings. The molecule has 0 radical (unpaired) electrons. The van der Waals surface area contributed by atoms with Gasteiger partial charge in [0, 0.05) is 11.6 Å². The predicted molar refractivity (Wildman–Crippen MR) is 92.2 cm³/mol. The zero-order valence-electron chi connectivity index (χ0n) is 13.6. The summed E-state index contributed by atoms with van der Waals surface area (Å²) in [6.07, 6.45) is 0.704. The van der Waals surface area contributed by atoms with E-state index >= 15 is 0 Å². The molecule has 0 unspecified atom stereocenters. The van der Waals surface area contributed by atoms with E-state index in [1.165, 1.54) is 0 Å². The highest BCUT2D eigenvalue weighted by molar-refractivity contribution is 6.30. The maximum Gasteiger partial charge on any atom is 0.239 e. The van der Waals surface area contributed by atoms with Crippen LogP contribution in [0.25, 0.3) is 0 Å². The van der Waals surface area contributed by atoms with Crippen molar-refractivity contribution in [3.05, 3.63) is 40.0 Å². The Morgan fingerprint density at radius 1 is 1.42 bits per heavy atom. The van der Waals surface area contributed by atoms with E-state index in [0.717, 1.165) is 11.1 Å². The standard InChI is InChI=1S/C15H17ClN6O4/c16-9-2-1-8-5-11(10(8)6-9)19-15(20-25)13-14(22-26-21-13)18-7-12(24)17-3-4-23/h1-2,6,11,23,25H,3-5,7H2,(H,17,24)(H,18,22)(H,19,20)/t11-/m0/s1. The van der Waals surface area contributed by atoms with Crippen LogP contribution in [-0.2, 0) is 11.2 Å². The zero-order chi connectivity index (χ0) is 18.5. The first-order valence-corrected chi connectivity index (χ1v) is 8.20. The van der Waals surface area contributed by atoms with E-state index < -0.39 is 0 Å². The number of aromatic nitrogens is 2. The molecule has 0 fully saturated rings. The van der Waals surface area contributed by atoms with Crippen LogP contribution in [0.15, 0.2) is 27.8 Å². The molecule has 0 saturated carbocycles. The molecule has 1 aliphatic rings. The number of aliphatic imine (C=N–C) groups is 1. The van der Waals surface area contributed by atoms with Gasteiger partial charge in [-0.3, -0.25) is 20.5 Å². The predicted octanol–water partition coefficient (Wildman–Crippen LogP) is 0.266. The third-order valence-corrected chi connectivity index (χ3v) is 4.07. The molecule has 1 aromatic heterocycles. The van der Waals surface area contributed by atoms with Crippen molar-refractivity contribution in [3.8, 4) is 0 Å². The molecule has 26 heavy (non-hydrogen) atoms. The van der Waals surface area contributed by atoms with Crippen molar-refractivity contribution in [1.29, 1.82) is 0 Å². The fourth-order valence-electron chi connectivity index (χ4n) is 2.54. The minimum Gasteiger partial charge on any atom is -0.395 e. The Labute approximate surface area is 153 Å². The van der Waals surface area contributed by atoms with Gasteiger partial charge in [0.2, 0.25) is 11.7 Å². The number of carbonyl (C=O) groups excluding carboxylic acids is 1. The summed E-state index contributed by atoms with van der Waals surface area (Å²) in [7, 11) is 0. The van der Waals surface area contributed by atoms with Crippen molar-refractivity contribution < 1.29 is 19.7 Å². The first-order valence-electron chi connectivity index (χ1n) is 7.83. The summed E-state index contributed by atoms with van der Waals surface area (Å²) in [6.45, 7) is -0.110. The lowest BCUT2D eigenvalue weighted by atomic mass is 9.84. The summed E-state index contributed by atoms with van der Waals surface area (Å²) in [5.74, 6) is -0.138. The van der Waals surface area contributed by atoms with Gasteiger partial charge < -0.3 is 15.7 Å². The number of rotatable bonds is 7. The summed E-state index contributed by atoms with van der Waals surface area (Å²) in [6, 6.07) is 5.40. The summed E-state index contributed by atoms with van der Waals surface area (Å²) >= 11 is 6.00. The number of halogens is 1. The number of hydroxylamine groups is 1. The van der Waals surface area contributed by atoms with E-state index in [1.54, 1.807) is 0 Å². The molecule has 10 nitrogen and oxygen atoms in total. The Morgan fingerprint density at radius 3 is 3.04 bits per heavy atom. The normalized spacial score (nSPS) is 15.8. The lowest BCUT2D eigenvalue weighted by Gasteiger charge is -2.27. The Hall–Kier alpha value is -2.69. The van der Waals surface area contributed by atoms with Gasteiger partial charge in [-0.1, -0.05) is 17.7 Å². The number of nitrogens with zero attached hydrogens (tertiary/aromatic N) is 3. The Kier molecular flexibility index (Phi) is 5.66. The van der Waals surface area contributed by atoms with Crippen LogP contribution in [0.5, 0.6) is 0 Å². The third kappa shape index (κ3) is 3.93. The molecule has 1 aliphatic carbocycles. The molecule has 0 bridgehead atoms. The first kappa shape index (κ1) is 18.1. The number of carbonyl (C=O) groups is 1. The van der Waals surface area contributed by atoms with Crippen molar-refractivity contribution in [2.24, 2.45) is 4.99 Å². The van der Waals surface area contributed by atoms with Gasteiger partial charge in [0.05, 0.1) is 19.2 Å². The first-order chi connectivity index (χ1) is 12.6. The lowest BCUT2D eigenvalue weighted by Crippen LogP contribution is -2.32. The molecule has 3 rings (SSSR count). The van der Waals surface area contributed by atoms with Crippen LogP contribution in [0, 0.1) is 0 Å². The molecule has 1 aromatic carbocycles. The van der Waals surface area contributed by atoms with E-state index in [1.807, 2.05) is 23.7 Å². The summed E-state index contributed by atoms with van der Waals surface area (Å²) in [5, 5.41) is 31.3. The molecule has 11 heteroatoms. The number of fused-ring (bicyclic) bond motifs is 1. The molecular weight excluding hydrogens is 364 g/mol. The van der Waals surface area contributed by atoms with Crippen molar-refractivity contribution in [2.45, 2.75) is 12.5 Å². The average Bonchev–Trinajstić information content (AvgIpc) is 3.09. The van der Waals surface area contributed by atoms with E-state index in [2.05, 4.69) is 30.6 Å². The summed E-state index contributed by atoms with van der Waals surface area (Å²) < 4.78 is 4.68. The molecule has 0 spiro atoms. The fourth-order valence-corrected chi connectivity index (χ4v) is 2.73. The van der Waals surface area contributed by atoms with Gasteiger partial charge in [0.25, 0.3) is 0 Å². The molecule has 1 heterocycles. The van der Waals surface area contributed by atoms with E-state index in [4.69, 9.17) is 16.7 Å². The maximum absolute atomic E-state index is 11.6. The number of hydrogen-bond acceptors (Lipinski definition) is 8. The third-order valence-electron chi connectivity index (χ3n) is 3.83. The molecule has 1 atom stereocenters. The molecule has 138 valence electrons. The number of nitrogens with one attached hydrogen (secondary N) is 3. The topological polar surface area (TPSA) is 145 Å². The van der Waals surface area contributed by atoms with E-state index in [0.29, 0.717) is 11.4 Å². The highest BCUT2D eigenvalue weighted by Gasteiger charge is 2.28. The van der Waals surface area contributed by atoms with Crippen LogP contribution in [0.3, 0.4) is 0 Å². The number of hydrogen-bond donors (Lipinski definition) is 5. The van der Waals surface area contributed by atoms with Crippen molar-refractivity contribution >= 4 is 29.2 Å². The smallest absolute Gasteiger partial charge is 0.239 e. The molecule has 5 N–H and O–H groups in total. The van der Waals surface area contributed by atoms with Crippen LogP contribution in [-0.4, -0.2) is 52.1 Å². The van der Waals surface area contributed by atoms with Gasteiger partial charge in [-0.25, -0.2) is 4.63 Å². The van der Waals surface area contributed by atoms with Gasteiger partial charge >= 0.3 is 0 Å². The van der Waals surface area contributed by atoms with Crippen LogP contribution in [0.4, 0.5) is 5.82 Å². The number of benzene rings is 1. The van der Waals surface area contributed by atoms with Gasteiger partial charge in [0.1, 0.15) is 0 Å². The minimum atomic E-state index is -0.342. The Morgan fingerprint density at radius 2 is 2.27 bits per heavy atom. The van der Waals surface area contributed by atoms with Gasteiger partial charge in [0.15, 0.2) is 11.5 Å². The van der Waals surface area contributed by atoms with E-state index in [-0.39, 0.29) is 49.0 Å². The van der Waals surface area contributed by atoms with Gasteiger partial charge in [-0.05, 0) is 40.0 Å². The number of amides is 1. The number of amidine groups is 1. The monoisotopic (exact) mass is 380 g/mol. The van der Waals surface area contributed by atoms with Gasteiger partial charge in [-0.15, -0.1) is 0 Å². The van der Waals surface area contributed by atoms with E-state index in [9.17, 15) is 10.0 Å². The Bertz CT molecular complexity index is 824. The molecule has 1 amide bonds. The van der Waals surface area contributed by atoms with Crippen molar-refractivity contribution in [3.63, 3.8) is 0 Å². The van der Waals surface area contributed by atoms with Crippen LogP contribution < -0.4 is 16.1 Å². The second kappa shape index (κ2) is 8.13. The average molecular weight is 381 g/mol.